The average Bonchev–Trinajstić information content (AvgIpc) is 2.78. The summed E-state index contributed by atoms with van der Waals surface area (Å²) >= 11 is 2.99. The molecule has 6 nitrogen and oxygen atoms in total. The van der Waals surface area contributed by atoms with E-state index in [1.165, 1.54) is 11.8 Å². The summed E-state index contributed by atoms with van der Waals surface area (Å²) in [6, 6.07) is 0.349. The Morgan fingerprint density at radius 2 is 2.21 bits per heavy atom. The number of nitrogens with zero attached hydrogens (tertiary/aromatic N) is 4. The molecule has 1 rings (SSSR count). The van der Waals surface area contributed by atoms with Crippen molar-refractivity contribution in [3.8, 4) is 0 Å². The summed E-state index contributed by atoms with van der Waals surface area (Å²) in [5.74, 6) is 0.950. The molecule has 0 aromatic carbocycles. The summed E-state index contributed by atoms with van der Waals surface area (Å²) in [7, 11) is 1.99. The fourth-order valence-electron chi connectivity index (χ4n) is 1.60. The first kappa shape index (κ1) is 16.2. The molecule has 0 aliphatic rings. The molecule has 0 saturated carbocycles. The normalized spacial score (nSPS) is 12.4. The van der Waals surface area contributed by atoms with Crippen molar-refractivity contribution >= 4 is 35.4 Å². The van der Waals surface area contributed by atoms with E-state index in [2.05, 4.69) is 28.3 Å². The number of thioether (sulfide) groups is 2. The third-order valence-electron chi connectivity index (χ3n) is 2.72. The van der Waals surface area contributed by atoms with E-state index in [4.69, 9.17) is 5.11 Å². The van der Waals surface area contributed by atoms with E-state index < -0.39 is 5.97 Å². The summed E-state index contributed by atoms with van der Waals surface area (Å²) in [6.45, 7) is 4.86. The number of hydrogen-bond acceptors (Lipinski definition) is 6. The zero-order chi connectivity index (χ0) is 14.4. The highest BCUT2D eigenvalue weighted by Gasteiger charge is 2.19. The summed E-state index contributed by atoms with van der Waals surface area (Å²) < 4.78 is 1.95. The zero-order valence-electron chi connectivity index (χ0n) is 11.7. The molecule has 0 aliphatic heterocycles. The van der Waals surface area contributed by atoms with Crippen molar-refractivity contribution in [2.75, 3.05) is 29.7 Å². The van der Waals surface area contributed by atoms with Crippen LogP contribution in [-0.2, 0) is 11.3 Å². The van der Waals surface area contributed by atoms with E-state index in [1.807, 2.05) is 18.5 Å². The molecule has 0 fully saturated rings. The molecule has 1 heterocycles. The second kappa shape index (κ2) is 7.64. The highest BCUT2D eigenvalue weighted by Crippen LogP contribution is 2.22. The van der Waals surface area contributed by atoms with E-state index in [0.717, 1.165) is 18.2 Å². The van der Waals surface area contributed by atoms with Crippen LogP contribution in [0.2, 0.25) is 0 Å². The molecule has 1 atom stereocenters. The van der Waals surface area contributed by atoms with Gasteiger partial charge in [-0.05, 0) is 20.1 Å². The summed E-state index contributed by atoms with van der Waals surface area (Å²) in [6.07, 6.45) is 2.07. The van der Waals surface area contributed by atoms with Crippen molar-refractivity contribution in [2.24, 2.45) is 0 Å². The minimum absolute atomic E-state index is 0.00220. The summed E-state index contributed by atoms with van der Waals surface area (Å²) in [5.41, 5.74) is 0. The van der Waals surface area contributed by atoms with Crippen LogP contribution in [0.3, 0.4) is 0 Å². The van der Waals surface area contributed by atoms with Crippen LogP contribution in [0.4, 0.5) is 5.95 Å². The number of rotatable bonds is 8. The maximum absolute atomic E-state index is 10.6. The minimum atomic E-state index is -0.846. The molecule has 1 aromatic heterocycles. The molecule has 1 unspecified atom stereocenters. The van der Waals surface area contributed by atoms with Crippen LogP contribution in [0.25, 0.3) is 0 Å². The lowest BCUT2D eigenvalue weighted by molar-refractivity contribution is -0.133. The van der Waals surface area contributed by atoms with Crippen LogP contribution in [0.1, 0.15) is 13.8 Å². The first-order valence-electron chi connectivity index (χ1n) is 6.00. The molecule has 0 aliphatic carbocycles. The predicted octanol–water partition coefficient (Wildman–Crippen LogP) is 1.66. The van der Waals surface area contributed by atoms with Crippen molar-refractivity contribution in [3.05, 3.63) is 0 Å². The van der Waals surface area contributed by atoms with Gasteiger partial charge in [0.25, 0.3) is 0 Å². The Labute approximate surface area is 122 Å². The van der Waals surface area contributed by atoms with Crippen LogP contribution >= 0.6 is 23.5 Å². The molecule has 0 amide bonds. The van der Waals surface area contributed by atoms with Crippen LogP contribution in [0.15, 0.2) is 5.16 Å². The standard InChI is InChI=1S/C11H20N4O2S2/c1-5-15-10(14(3)8(2)6-18-4)12-13-11(15)19-7-9(16)17/h8H,5-7H2,1-4H3,(H,16,17). The van der Waals surface area contributed by atoms with Crippen molar-refractivity contribution in [1.29, 1.82) is 0 Å². The fourth-order valence-corrected chi connectivity index (χ4v) is 3.03. The molecule has 108 valence electrons. The van der Waals surface area contributed by atoms with Gasteiger partial charge in [-0.15, -0.1) is 10.2 Å². The first-order valence-corrected chi connectivity index (χ1v) is 8.38. The van der Waals surface area contributed by atoms with Gasteiger partial charge >= 0.3 is 5.97 Å². The second-order valence-corrected chi connectivity index (χ2v) is 5.98. The monoisotopic (exact) mass is 304 g/mol. The molecule has 0 radical (unpaired) electrons. The number of anilines is 1. The van der Waals surface area contributed by atoms with E-state index in [1.54, 1.807) is 11.8 Å². The number of carbonyl (C=O) groups is 1. The lowest BCUT2D eigenvalue weighted by Crippen LogP contribution is -2.33. The molecule has 0 spiro atoms. The number of carboxylic acids is 1. The third kappa shape index (κ3) is 4.31. The molecule has 1 N–H and O–H groups in total. The van der Waals surface area contributed by atoms with Crippen molar-refractivity contribution in [3.63, 3.8) is 0 Å². The van der Waals surface area contributed by atoms with Crippen LogP contribution in [0, 0.1) is 0 Å². The molecule has 0 bridgehead atoms. The Morgan fingerprint density at radius 3 is 2.74 bits per heavy atom. The Kier molecular flexibility index (Phi) is 6.50. The maximum atomic E-state index is 10.6. The van der Waals surface area contributed by atoms with Crippen molar-refractivity contribution in [1.82, 2.24) is 14.8 Å². The fraction of sp³-hybridized carbons (Fsp3) is 0.727. The van der Waals surface area contributed by atoms with Gasteiger partial charge < -0.3 is 10.0 Å². The molecule has 0 saturated heterocycles. The van der Waals surface area contributed by atoms with Crippen LogP contribution in [0.5, 0.6) is 0 Å². The van der Waals surface area contributed by atoms with Gasteiger partial charge in [-0.2, -0.15) is 11.8 Å². The summed E-state index contributed by atoms with van der Waals surface area (Å²) in [4.78, 5) is 12.7. The maximum Gasteiger partial charge on any atom is 0.313 e. The molecule has 8 heteroatoms. The number of hydrogen-bond donors (Lipinski definition) is 1. The van der Waals surface area contributed by atoms with Gasteiger partial charge in [0.2, 0.25) is 5.95 Å². The highest BCUT2D eigenvalue weighted by atomic mass is 32.2. The van der Waals surface area contributed by atoms with Crippen LogP contribution < -0.4 is 4.90 Å². The first-order chi connectivity index (χ1) is 9.01. The number of aliphatic carboxylic acids is 1. The van der Waals surface area contributed by atoms with Crippen LogP contribution in [-0.4, -0.2) is 56.7 Å². The van der Waals surface area contributed by atoms with Crippen molar-refractivity contribution < 1.29 is 9.90 Å². The third-order valence-corrected chi connectivity index (χ3v) is 4.49. The topological polar surface area (TPSA) is 71.2 Å². The molecule has 1 aromatic rings. The van der Waals surface area contributed by atoms with E-state index in [0.29, 0.717) is 11.2 Å². The van der Waals surface area contributed by atoms with Gasteiger partial charge in [0.1, 0.15) is 0 Å². The smallest absolute Gasteiger partial charge is 0.313 e. The zero-order valence-corrected chi connectivity index (χ0v) is 13.3. The van der Waals surface area contributed by atoms with Gasteiger partial charge in [0.05, 0.1) is 5.75 Å². The molecular formula is C11H20N4O2S2. The highest BCUT2D eigenvalue weighted by molar-refractivity contribution is 7.99. The summed E-state index contributed by atoms with van der Waals surface area (Å²) in [5, 5.41) is 17.6. The number of carboxylic acid groups (broad SMARTS) is 1. The number of aromatic nitrogens is 3. The molecule has 19 heavy (non-hydrogen) atoms. The largest absolute Gasteiger partial charge is 0.481 e. The SMILES string of the molecule is CCn1c(SCC(=O)O)nnc1N(C)C(C)CSC. The second-order valence-electron chi connectivity index (χ2n) is 4.12. The lowest BCUT2D eigenvalue weighted by atomic mass is 10.3. The van der Waals surface area contributed by atoms with Gasteiger partial charge in [-0.25, -0.2) is 0 Å². The Bertz CT molecular complexity index is 425. The van der Waals surface area contributed by atoms with Gasteiger partial charge in [-0.1, -0.05) is 11.8 Å². The molecular weight excluding hydrogens is 284 g/mol. The lowest BCUT2D eigenvalue weighted by Gasteiger charge is -2.25. The van der Waals surface area contributed by atoms with Gasteiger partial charge in [0.15, 0.2) is 5.16 Å². The quantitative estimate of drug-likeness (QED) is 0.732. The Hall–Kier alpha value is -0.890. The average molecular weight is 304 g/mol. The van der Waals surface area contributed by atoms with E-state index in [9.17, 15) is 4.79 Å². The van der Waals surface area contributed by atoms with Gasteiger partial charge in [-0.3, -0.25) is 9.36 Å². The van der Waals surface area contributed by atoms with Crippen molar-refractivity contribution in [2.45, 2.75) is 31.6 Å². The van der Waals surface area contributed by atoms with E-state index in [-0.39, 0.29) is 5.75 Å². The Morgan fingerprint density at radius 1 is 1.53 bits per heavy atom. The predicted molar refractivity (Wildman–Crippen MR) is 80.3 cm³/mol. The van der Waals surface area contributed by atoms with E-state index >= 15 is 0 Å². The Balaban J connectivity index is 2.86. The minimum Gasteiger partial charge on any atom is -0.481 e. The van der Waals surface area contributed by atoms with Gasteiger partial charge in [0, 0.05) is 25.4 Å².